The van der Waals surface area contributed by atoms with E-state index in [1.807, 2.05) is 27.0 Å². The van der Waals surface area contributed by atoms with Crippen LogP contribution in [0.5, 0.6) is 0 Å². The highest BCUT2D eigenvalue weighted by Gasteiger charge is 2.13. The molecule has 2 aromatic rings. The zero-order chi connectivity index (χ0) is 17.1. The van der Waals surface area contributed by atoms with Crippen molar-refractivity contribution in [3.63, 3.8) is 0 Å². The molecule has 4 nitrogen and oxygen atoms in total. The molecule has 0 aliphatic rings. The molecule has 0 fully saturated rings. The Morgan fingerprint density at radius 2 is 2.04 bits per heavy atom. The second-order valence-corrected chi connectivity index (χ2v) is 6.04. The van der Waals surface area contributed by atoms with Crippen LogP contribution in [0.4, 0.5) is 0 Å². The summed E-state index contributed by atoms with van der Waals surface area (Å²) in [4.78, 5) is 4.28. The Morgan fingerprint density at radius 1 is 1.35 bits per heavy atom. The van der Waals surface area contributed by atoms with Gasteiger partial charge in [0.2, 0.25) is 0 Å². The summed E-state index contributed by atoms with van der Waals surface area (Å²) < 4.78 is 1.79. The van der Waals surface area contributed by atoms with Gasteiger partial charge < -0.3 is 5.73 Å². The van der Waals surface area contributed by atoms with Crippen molar-refractivity contribution < 1.29 is 0 Å². The lowest BCUT2D eigenvalue weighted by atomic mass is 9.65. The molecule has 0 amide bonds. The zero-order valence-electron chi connectivity index (χ0n) is 14.5. The fraction of sp³-hybridized carbons (Fsp3) is 0.200. The second-order valence-electron chi connectivity index (χ2n) is 6.04. The highest BCUT2D eigenvalue weighted by atomic mass is 15.2. The average molecular weight is 300 g/mol. The maximum absolute atomic E-state index is 6.13. The molecule has 0 aliphatic heterocycles. The number of terminal acetylenes is 1. The number of allylic oxidation sites excluding steroid dienone is 4. The van der Waals surface area contributed by atoms with E-state index in [4.69, 9.17) is 12.2 Å². The Labute approximate surface area is 141 Å². The predicted octanol–water partition coefficient (Wildman–Crippen LogP) is -2.12. The van der Waals surface area contributed by atoms with Gasteiger partial charge in [-0.3, -0.25) is 0 Å². The number of nitrogens with zero attached hydrogens (tertiary/aromatic N) is 3. The zero-order valence-corrected chi connectivity index (χ0v) is 14.5. The summed E-state index contributed by atoms with van der Waals surface area (Å²) in [5.41, 5.74) is 13.5. The van der Waals surface area contributed by atoms with E-state index in [1.54, 1.807) is 10.7 Å². The summed E-state index contributed by atoms with van der Waals surface area (Å²) in [6, 6.07) is 1.93. The summed E-state index contributed by atoms with van der Waals surface area (Å²) in [7, 11) is 8.25. The van der Waals surface area contributed by atoms with Gasteiger partial charge in [-0.15, -0.1) is 17.4 Å². The van der Waals surface area contributed by atoms with Crippen molar-refractivity contribution in [3.05, 3.63) is 51.6 Å². The average Bonchev–Trinajstić information content (AvgIpc) is 2.98. The predicted molar refractivity (Wildman–Crippen MR) is 106 cm³/mol. The van der Waals surface area contributed by atoms with Crippen molar-refractivity contribution in [2.45, 2.75) is 19.4 Å². The third kappa shape index (κ3) is 3.62. The number of fused-ring (bicyclic) bond motifs is 1. The van der Waals surface area contributed by atoms with Crippen LogP contribution in [0.3, 0.4) is 0 Å². The van der Waals surface area contributed by atoms with Gasteiger partial charge in [-0.1, -0.05) is 11.4 Å². The van der Waals surface area contributed by atoms with E-state index in [2.05, 4.69) is 39.5 Å². The Balaban J connectivity index is 2.48. The first-order valence-corrected chi connectivity index (χ1v) is 7.74. The van der Waals surface area contributed by atoms with Crippen LogP contribution in [0, 0.1) is 12.3 Å². The first-order valence-electron chi connectivity index (χ1n) is 7.74. The van der Waals surface area contributed by atoms with Crippen LogP contribution in [-0.2, 0) is 6.42 Å². The van der Waals surface area contributed by atoms with Gasteiger partial charge in [0.25, 0.3) is 0 Å². The molecule has 2 aromatic heterocycles. The van der Waals surface area contributed by atoms with E-state index < -0.39 is 0 Å². The molecule has 0 aromatic carbocycles. The quantitative estimate of drug-likeness (QED) is 0.399. The molecule has 23 heavy (non-hydrogen) atoms. The van der Waals surface area contributed by atoms with Crippen molar-refractivity contribution >= 4 is 37.0 Å². The van der Waals surface area contributed by atoms with Gasteiger partial charge in [0, 0.05) is 24.9 Å². The van der Waals surface area contributed by atoms with E-state index in [0.717, 1.165) is 34.3 Å². The number of nitrogens with two attached hydrogens (primary N) is 1. The third-order valence-corrected chi connectivity index (χ3v) is 4.40. The molecule has 0 aliphatic carbocycles. The number of hydrogen-bond acceptors (Lipinski definition) is 3. The van der Waals surface area contributed by atoms with Gasteiger partial charge >= 0.3 is 0 Å². The van der Waals surface area contributed by atoms with Gasteiger partial charge in [-0.25, -0.2) is 9.50 Å². The summed E-state index contributed by atoms with van der Waals surface area (Å²) in [6.07, 6.45) is 9.84. The fourth-order valence-corrected chi connectivity index (χ4v) is 2.53. The van der Waals surface area contributed by atoms with Crippen molar-refractivity contribution in [1.82, 2.24) is 14.6 Å². The van der Waals surface area contributed by atoms with Crippen LogP contribution < -0.4 is 5.73 Å². The van der Waals surface area contributed by atoms with Crippen LogP contribution in [0.1, 0.15) is 24.2 Å². The number of rotatable bonds is 4. The summed E-state index contributed by atoms with van der Waals surface area (Å²) >= 11 is 0. The minimum atomic E-state index is -0.0867. The molecule has 0 saturated carbocycles. The monoisotopic (exact) mass is 300 g/mol. The molecule has 2 rings (SSSR count). The smallest absolute Gasteiger partial charge is 0.153 e. The van der Waals surface area contributed by atoms with E-state index in [1.165, 1.54) is 10.9 Å². The van der Waals surface area contributed by atoms with E-state index in [0.29, 0.717) is 0 Å². The van der Waals surface area contributed by atoms with Crippen molar-refractivity contribution in [3.8, 4) is 12.3 Å². The Morgan fingerprint density at radius 3 is 2.65 bits per heavy atom. The molecule has 2 heterocycles. The van der Waals surface area contributed by atoms with Crippen molar-refractivity contribution in [2.24, 2.45) is 5.73 Å². The molecular weight excluding hydrogens is 279 g/mol. The minimum Gasteiger partial charge on any atom is -0.324 e. The maximum Gasteiger partial charge on any atom is 0.153 e. The summed E-state index contributed by atoms with van der Waals surface area (Å²) in [6.45, 7) is 1.97. The maximum atomic E-state index is 6.13. The lowest BCUT2D eigenvalue weighted by molar-refractivity contribution is 0.762. The molecule has 112 valence electrons. The molecule has 2 N–H and O–H groups in total. The summed E-state index contributed by atoms with van der Waals surface area (Å²) in [5, 5.41) is 4.69. The molecule has 1 unspecified atom stereocenters. The van der Waals surface area contributed by atoms with Gasteiger partial charge in [0.15, 0.2) is 5.65 Å². The van der Waals surface area contributed by atoms with Crippen LogP contribution in [0.2, 0.25) is 0 Å². The first kappa shape index (κ1) is 17.2. The molecular formula is C15H20B4N4. The fourth-order valence-electron chi connectivity index (χ4n) is 2.53. The number of imidazole rings is 1. The molecule has 0 saturated heterocycles. The molecule has 0 bridgehead atoms. The second kappa shape index (κ2) is 6.97. The van der Waals surface area contributed by atoms with Crippen molar-refractivity contribution in [2.75, 3.05) is 0 Å². The van der Waals surface area contributed by atoms with Gasteiger partial charge in [-0.05, 0) is 24.0 Å². The number of aromatic nitrogens is 3. The van der Waals surface area contributed by atoms with Gasteiger partial charge in [0.1, 0.15) is 31.4 Å². The topological polar surface area (TPSA) is 56.2 Å². The normalized spacial score (nSPS) is 14.8. The number of hydrogen-bond donors (Lipinski definition) is 1. The standard InChI is InChI=1S/C15H20B4N4/c1-3-10(16)14(18)15(19)11(17)7-12-9(8(2)20)6-13-21-4-5-23(13)22-12/h1,4-6,8H,7,16-20H2,2H3/b14-10-,15-11-. The Hall–Kier alpha value is -2.12. The Bertz CT molecular complexity index is 843. The molecule has 1 atom stereocenters. The van der Waals surface area contributed by atoms with Crippen LogP contribution in [0.25, 0.3) is 5.65 Å². The molecule has 8 heteroatoms. The molecule has 0 radical (unpaired) electrons. The highest BCUT2D eigenvalue weighted by molar-refractivity contribution is 6.44. The largest absolute Gasteiger partial charge is 0.324 e. The van der Waals surface area contributed by atoms with Gasteiger partial charge in [-0.2, -0.15) is 5.10 Å². The lowest BCUT2D eigenvalue weighted by Crippen LogP contribution is -2.14. The third-order valence-electron chi connectivity index (χ3n) is 4.40. The minimum absolute atomic E-state index is 0.0867. The first-order chi connectivity index (χ1) is 10.8. The SMILES string of the molecule is B/C(C#C)=C(B)/C(B)=C(/B)Cc1nn2ccnc2cc1C(C)N. The highest BCUT2D eigenvalue weighted by Crippen LogP contribution is 2.20. The van der Waals surface area contributed by atoms with Gasteiger partial charge in [0.05, 0.1) is 5.69 Å². The van der Waals surface area contributed by atoms with E-state index >= 15 is 0 Å². The van der Waals surface area contributed by atoms with E-state index in [-0.39, 0.29) is 6.04 Å². The Kier molecular flexibility index (Phi) is 5.23. The van der Waals surface area contributed by atoms with Crippen LogP contribution in [-0.4, -0.2) is 46.0 Å². The van der Waals surface area contributed by atoms with E-state index in [9.17, 15) is 0 Å². The lowest BCUT2D eigenvalue weighted by Gasteiger charge is -2.15. The molecule has 0 spiro atoms. The summed E-state index contributed by atoms with van der Waals surface area (Å²) in [5.74, 6) is 2.71. The van der Waals surface area contributed by atoms with Crippen LogP contribution in [0.15, 0.2) is 40.3 Å². The van der Waals surface area contributed by atoms with Crippen molar-refractivity contribution in [1.29, 1.82) is 0 Å². The van der Waals surface area contributed by atoms with Crippen LogP contribution >= 0.6 is 0 Å².